The molecule has 0 saturated heterocycles. The molecule has 2 N–H and O–H groups in total. The topological polar surface area (TPSA) is 47.1 Å². The highest BCUT2D eigenvalue weighted by atomic mass is 32.1. The van der Waals surface area contributed by atoms with E-state index in [9.17, 15) is 0 Å². The second kappa shape index (κ2) is 4.64. The van der Waals surface area contributed by atoms with Gasteiger partial charge in [-0.25, -0.2) is 0 Å². The van der Waals surface area contributed by atoms with Crippen LogP contribution >= 0.6 is 12.2 Å². The molecular formula is C12H22N4S. The molecule has 0 spiro atoms. The first-order chi connectivity index (χ1) is 7.72. The van der Waals surface area contributed by atoms with Crippen LogP contribution in [-0.4, -0.2) is 27.4 Å². The first kappa shape index (κ1) is 14.0. The molecule has 1 aromatic heterocycles. The molecule has 0 unspecified atom stereocenters. The van der Waals surface area contributed by atoms with Gasteiger partial charge in [-0.1, -0.05) is 19.1 Å². The highest BCUT2D eigenvalue weighted by Crippen LogP contribution is 2.29. The number of nitrogens with two attached hydrogens (primary N) is 1. The van der Waals surface area contributed by atoms with E-state index >= 15 is 0 Å². The Kier molecular flexibility index (Phi) is 3.81. The van der Waals surface area contributed by atoms with E-state index in [4.69, 9.17) is 18.0 Å². The van der Waals surface area contributed by atoms with Gasteiger partial charge in [0.15, 0.2) is 0 Å². The molecule has 0 amide bonds. The Balaban J connectivity index is 3.36. The number of anilines is 1. The van der Waals surface area contributed by atoms with Crippen molar-refractivity contribution in [3.8, 4) is 0 Å². The minimum Gasteiger partial charge on any atom is -0.389 e. The van der Waals surface area contributed by atoms with E-state index in [-0.39, 0.29) is 5.54 Å². The number of rotatable bonds is 4. The van der Waals surface area contributed by atoms with Crippen molar-refractivity contribution in [1.29, 1.82) is 0 Å². The maximum atomic E-state index is 5.80. The maximum Gasteiger partial charge on any atom is 0.137 e. The highest BCUT2D eigenvalue weighted by molar-refractivity contribution is 7.80. The summed E-state index contributed by atoms with van der Waals surface area (Å²) in [5.74, 6) is 0.988. The fraction of sp³-hybridized carbons (Fsp3) is 0.667. The van der Waals surface area contributed by atoms with Gasteiger partial charge in [-0.05, 0) is 27.2 Å². The Bertz CT molecular complexity index is 434. The summed E-state index contributed by atoms with van der Waals surface area (Å²) in [6.45, 7) is 8.49. The third kappa shape index (κ3) is 2.44. The average Bonchev–Trinajstić information content (AvgIpc) is 2.52. The van der Waals surface area contributed by atoms with Crippen LogP contribution in [0.1, 0.15) is 38.4 Å². The molecule has 0 fully saturated rings. The number of nitrogens with zero attached hydrogens (tertiary/aromatic N) is 3. The molecule has 0 saturated carbocycles. The largest absolute Gasteiger partial charge is 0.389 e. The second-order valence-electron chi connectivity index (χ2n) is 5.00. The molecular weight excluding hydrogens is 232 g/mol. The van der Waals surface area contributed by atoms with Crippen molar-refractivity contribution in [3.63, 3.8) is 0 Å². The quantitative estimate of drug-likeness (QED) is 0.835. The van der Waals surface area contributed by atoms with E-state index in [1.54, 1.807) is 0 Å². The van der Waals surface area contributed by atoms with Gasteiger partial charge in [-0.3, -0.25) is 4.68 Å². The molecule has 0 bridgehead atoms. The van der Waals surface area contributed by atoms with Crippen LogP contribution in [0.15, 0.2) is 0 Å². The molecule has 0 aliphatic rings. The van der Waals surface area contributed by atoms with E-state index < -0.39 is 0 Å². The van der Waals surface area contributed by atoms with E-state index in [0.29, 0.717) is 4.99 Å². The molecule has 96 valence electrons. The predicted octanol–water partition coefficient (Wildman–Crippen LogP) is 1.99. The molecule has 0 aromatic carbocycles. The van der Waals surface area contributed by atoms with Crippen molar-refractivity contribution in [2.24, 2.45) is 12.8 Å². The van der Waals surface area contributed by atoms with Crippen LogP contribution in [-0.2, 0) is 7.05 Å². The third-order valence-corrected chi connectivity index (χ3v) is 3.73. The first-order valence-corrected chi connectivity index (χ1v) is 6.20. The number of aryl methyl sites for hydroxylation is 2. The SMILES string of the molecule is CCC(C)(C)N(C)c1c(C(N)=S)c(C)nn1C. The lowest BCUT2D eigenvalue weighted by atomic mass is 9.99. The molecule has 4 nitrogen and oxygen atoms in total. The van der Waals surface area contributed by atoms with Crippen LogP contribution in [0.3, 0.4) is 0 Å². The Morgan fingerprint density at radius 2 is 2.06 bits per heavy atom. The molecule has 0 aliphatic carbocycles. The van der Waals surface area contributed by atoms with Crippen molar-refractivity contribution in [2.75, 3.05) is 11.9 Å². The molecule has 1 heterocycles. The normalized spacial score (nSPS) is 11.6. The molecule has 0 aliphatic heterocycles. The van der Waals surface area contributed by atoms with Gasteiger partial charge in [-0.15, -0.1) is 0 Å². The van der Waals surface area contributed by atoms with Gasteiger partial charge in [0.1, 0.15) is 10.8 Å². The molecule has 1 rings (SSSR count). The zero-order chi connectivity index (χ0) is 13.4. The Hall–Kier alpha value is -1.10. The van der Waals surface area contributed by atoms with E-state index in [1.165, 1.54) is 0 Å². The highest BCUT2D eigenvalue weighted by Gasteiger charge is 2.28. The van der Waals surface area contributed by atoms with Gasteiger partial charge < -0.3 is 10.6 Å². The van der Waals surface area contributed by atoms with Crippen LogP contribution in [0, 0.1) is 6.92 Å². The monoisotopic (exact) mass is 254 g/mol. The van der Waals surface area contributed by atoms with E-state index in [2.05, 4.69) is 37.8 Å². The van der Waals surface area contributed by atoms with E-state index in [0.717, 1.165) is 23.5 Å². The lowest BCUT2D eigenvalue weighted by Crippen LogP contribution is -2.42. The summed E-state index contributed by atoms with van der Waals surface area (Å²) < 4.78 is 1.85. The fourth-order valence-corrected chi connectivity index (χ4v) is 2.08. The lowest BCUT2D eigenvalue weighted by Gasteiger charge is -2.37. The number of thiocarbonyl (C=S) groups is 1. The van der Waals surface area contributed by atoms with Crippen LogP contribution in [0.2, 0.25) is 0 Å². The third-order valence-electron chi connectivity index (χ3n) is 3.53. The fourth-order valence-electron chi connectivity index (χ4n) is 1.84. The predicted molar refractivity (Wildman–Crippen MR) is 76.6 cm³/mol. The Morgan fingerprint density at radius 1 is 1.53 bits per heavy atom. The summed E-state index contributed by atoms with van der Waals surface area (Å²) in [6, 6.07) is 0. The summed E-state index contributed by atoms with van der Waals surface area (Å²) in [5, 5.41) is 4.41. The maximum absolute atomic E-state index is 5.80. The van der Waals surface area contributed by atoms with Crippen LogP contribution in [0.4, 0.5) is 5.82 Å². The van der Waals surface area contributed by atoms with Crippen LogP contribution < -0.4 is 10.6 Å². The molecule has 1 aromatic rings. The average molecular weight is 254 g/mol. The molecule has 5 heteroatoms. The van der Waals surface area contributed by atoms with Crippen molar-refractivity contribution in [3.05, 3.63) is 11.3 Å². The molecule has 0 atom stereocenters. The lowest BCUT2D eigenvalue weighted by molar-refractivity contribution is 0.460. The van der Waals surface area contributed by atoms with Crippen molar-refractivity contribution < 1.29 is 0 Å². The minimum absolute atomic E-state index is 0.0414. The van der Waals surface area contributed by atoms with Gasteiger partial charge in [0.2, 0.25) is 0 Å². The summed E-state index contributed by atoms with van der Waals surface area (Å²) in [7, 11) is 3.98. The van der Waals surface area contributed by atoms with Gasteiger partial charge in [-0.2, -0.15) is 5.10 Å². The Morgan fingerprint density at radius 3 is 2.47 bits per heavy atom. The molecule has 17 heavy (non-hydrogen) atoms. The van der Waals surface area contributed by atoms with Gasteiger partial charge in [0.25, 0.3) is 0 Å². The second-order valence-corrected chi connectivity index (χ2v) is 5.44. The Labute approximate surface area is 109 Å². The van der Waals surface area contributed by atoms with Crippen LogP contribution in [0.25, 0.3) is 0 Å². The van der Waals surface area contributed by atoms with Crippen molar-refractivity contribution in [2.45, 2.75) is 39.7 Å². The number of hydrogen-bond donors (Lipinski definition) is 1. The van der Waals surface area contributed by atoms with Gasteiger partial charge >= 0.3 is 0 Å². The minimum atomic E-state index is 0.0414. The smallest absolute Gasteiger partial charge is 0.137 e. The summed E-state index contributed by atoms with van der Waals surface area (Å²) in [4.78, 5) is 2.60. The first-order valence-electron chi connectivity index (χ1n) is 5.79. The zero-order valence-corrected chi connectivity index (χ0v) is 12.4. The molecule has 0 radical (unpaired) electrons. The number of aromatic nitrogens is 2. The standard InChI is InChI=1S/C12H22N4S/c1-7-12(3,4)15(5)11-9(10(13)17)8(2)14-16(11)6/h7H2,1-6H3,(H2,13,17). The van der Waals surface area contributed by atoms with Crippen molar-refractivity contribution in [1.82, 2.24) is 9.78 Å². The van der Waals surface area contributed by atoms with Gasteiger partial charge in [0.05, 0.1) is 11.3 Å². The summed E-state index contributed by atoms with van der Waals surface area (Å²) >= 11 is 5.13. The van der Waals surface area contributed by atoms with Crippen LogP contribution in [0.5, 0.6) is 0 Å². The number of hydrogen-bond acceptors (Lipinski definition) is 3. The van der Waals surface area contributed by atoms with Crippen molar-refractivity contribution >= 4 is 23.0 Å². The zero-order valence-electron chi connectivity index (χ0n) is 11.5. The summed E-state index contributed by atoms with van der Waals surface area (Å²) in [5.41, 5.74) is 7.61. The summed E-state index contributed by atoms with van der Waals surface area (Å²) in [6.07, 6.45) is 1.03. The van der Waals surface area contributed by atoms with E-state index in [1.807, 2.05) is 18.7 Å². The van der Waals surface area contributed by atoms with Gasteiger partial charge in [0, 0.05) is 19.6 Å².